The summed E-state index contributed by atoms with van der Waals surface area (Å²) in [6.45, 7) is 5.45. The van der Waals surface area contributed by atoms with Crippen molar-refractivity contribution in [2.24, 2.45) is 0 Å². The third kappa shape index (κ3) is 7.99. The van der Waals surface area contributed by atoms with Gasteiger partial charge in [0.15, 0.2) is 5.78 Å². The van der Waals surface area contributed by atoms with Crippen molar-refractivity contribution in [1.82, 2.24) is 4.98 Å². The number of ketones is 2. The van der Waals surface area contributed by atoms with E-state index in [1.54, 1.807) is 18.2 Å². The second kappa shape index (κ2) is 12.8. The minimum Gasteiger partial charge on any atom is -0.465 e. The Morgan fingerprint density at radius 1 is 1.14 bits per heavy atom. The highest BCUT2D eigenvalue weighted by molar-refractivity contribution is 6.04. The fourth-order valence-electron chi connectivity index (χ4n) is 2.84. The molecule has 0 spiro atoms. The first-order chi connectivity index (χ1) is 13.4. The summed E-state index contributed by atoms with van der Waals surface area (Å²) in [6, 6.07) is 1.71. The summed E-state index contributed by atoms with van der Waals surface area (Å²) in [6.07, 6.45) is 12.6. The molecule has 0 unspecified atom stereocenters. The largest absolute Gasteiger partial charge is 0.465 e. The Morgan fingerprint density at radius 3 is 2.46 bits per heavy atom. The van der Waals surface area contributed by atoms with Crippen molar-refractivity contribution >= 4 is 29.7 Å². The molecule has 5 heteroatoms. The average molecular weight is 386 g/mol. The van der Waals surface area contributed by atoms with Crippen LogP contribution < -0.4 is 0 Å². The van der Waals surface area contributed by atoms with Gasteiger partial charge < -0.3 is 4.74 Å². The van der Waals surface area contributed by atoms with Crippen LogP contribution >= 0.6 is 0 Å². The van der Waals surface area contributed by atoms with Crippen LogP contribution in [0.3, 0.4) is 0 Å². The Morgan fingerprint density at radius 2 is 1.86 bits per heavy atom. The number of aromatic nitrogens is 1. The number of methoxy groups -OCH3 is 1. The maximum Gasteiger partial charge on any atom is 0.340 e. The van der Waals surface area contributed by atoms with E-state index in [0.717, 1.165) is 25.7 Å². The number of allylic oxidation sites excluding steroid dienone is 2. The average Bonchev–Trinajstić information content (AvgIpc) is 2.67. The zero-order valence-corrected chi connectivity index (χ0v) is 17.4. The van der Waals surface area contributed by atoms with Gasteiger partial charge in [-0.1, -0.05) is 38.7 Å². The molecule has 0 fully saturated rings. The van der Waals surface area contributed by atoms with E-state index in [9.17, 15) is 14.4 Å². The van der Waals surface area contributed by atoms with E-state index in [0.29, 0.717) is 23.3 Å². The van der Waals surface area contributed by atoms with Gasteiger partial charge in [-0.05, 0) is 44.1 Å². The number of ether oxygens (including phenoxy) is 1. The maximum absolute atomic E-state index is 12.3. The normalized spacial score (nSPS) is 11.6. The molecule has 5 nitrogen and oxygen atoms in total. The molecule has 0 aromatic carbocycles. The third-order valence-electron chi connectivity index (χ3n) is 4.43. The number of carbonyl (C=O) groups excluding carboxylic acids is 3. The molecule has 28 heavy (non-hydrogen) atoms. The van der Waals surface area contributed by atoms with Crippen LogP contribution in [0.5, 0.6) is 0 Å². The molecular weight excluding hydrogens is 354 g/mol. The first kappa shape index (κ1) is 23.5. The van der Waals surface area contributed by atoms with Crippen LogP contribution in [0.25, 0.3) is 12.2 Å². The number of nitrogens with zero attached hydrogens (tertiary/aromatic N) is 1. The third-order valence-corrected chi connectivity index (χ3v) is 4.43. The molecule has 0 amide bonds. The summed E-state index contributed by atoms with van der Waals surface area (Å²) >= 11 is 0. The molecule has 0 N–H and O–H groups in total. The zero-order chi connectivity index (χ0) is 20.9. The lowest BCUT2D eigenvalue weighted by atomic mass is 9.97. The minimum atomic E-state index is -0.532. The van der Waals surface area contributed by atoms with Gasteiger partial charge in [0.05, 0.1) is 18.4 Å². The number of Topliss-reactive ketones (excluding diaryl/α,β-unsaturated/α-hetero) is 2. The van der Waals surface area contributed by atoms with Crippen LogP contribution in [-0.4, -0.2) is 29.6 Å². The van der Waals surface area contributed by atoms with Crippen molar-refractivity contribution in [3.05, 3.63) is 40.7 Å². The highest BCUT2D eigenvalue weighted by atomic mass is 16.5. The molecule has 0 aliphatic carbocycles. The highest BCUT2D eigenvalue weighted by Gasteiger charge is 2.15. The Kier molecular flexibility index (Phi) is 10.7. The fourth-order valence-corrected chi connectivity index (χ4v) is 2.84. The molecule has 0 aliphatic rings. The molecule has 0 saturated heterocycles. The standard InChI is InChI=1S/C23H31NO4/c1-5-7-8-9-10-12-21(26)15-18(17(3)25)13-19-14-20(11-6-2)24-16-22(19)23(27)28-4/h6,11,13-14,16H,5,7-10,12,15H2,1-4H3. The second-order valence-corrected chi connectivity index (χ2v) is 6.79. The van der Waals surface area contributed by atoms with Crippen molar-refractivity contribution in [2.45, 2.75) is 65.7 Å². The van der Waals surface area contributed by atoms with E-state index >= 15 is 0 Å². The number of hydrogen-bond acceptors (Lipinski definition) is 5. The van der Waals surface area contributed by atoms with Gasteiger partial charge in [-0.3, -0.25) is 14.6 Å². The number of pyridine rings is 1. The Hall–Kier alpha value is -2.56. The predicted molar refractivity (Wildman–Crippen MR) is 112 cm³/mol. The molecule has 0 saturated carbocycles. The Bertz CT molecular complexity index is 747. The van der Waals surface area contributed by atoms with Crippen LogP contribution in [-0.2, 0) is 14.3 Å². The topological polar surface area (TPSA) is 73.3 Å². The summed E-state index contributed by atoms with van der Waals surface area (Å²) in [7, 11) is 1.30. The van der Waals surface area contributed by atoms with Crippen LogP contribution in [0.4, 0.5) is 0 Å². The van der Waals surface area contributed by atoms with E-state index in [1.165, 1.54) is 26.7 Å². The summed E-state index contributed by atoms with van der Waals surface area (Å²) in [5.74, 6) is -0.671. The molecule has 0 atom stereocenters. The van der Waals surface area contributed by atoms with Crippen molar-refractivity contribution in [1.29, 1.82) is 0 Å². The lowest BCUT2D eigenvalue weighted by Gasteiger charge is -2.08. The first-order valence-corrected chi connectivity index (χ1v) is 9.87. The number of hydrogen-bond donors (Lipinski definition) is 0. The SMILES string of the molecule is CC=Cc1cc(C=C(CC(=O)CCCCCCC)C(C)=O)c(C(=O)OC)cn1. The fraction of sp³-hybridized carbons (Fsp3) is 0.478. The quantitative estimate of drug-likeness (QED) is 0.281. The van der Waals surface area contributed by atoms with Gasteiger partial charge in [0.25, 0.3) is 0 Å². The lowest BCUT2D eigenvalue weighted by Crippen LogP contribution is -2.08. The number of unbranched alkanes of at least 4 members (excludes halogenated alkanes) is 4. The number of rotatable bonds is 12. The predicted octanol–water partition coefficient (Wildman–Crippen LogP) is 5.19. The molecule has 1 heterocycles. The van der Waals surface area contributed by atoms with E-state index in [1.807, 2.05) is 13.0 Å². The van der Waals surface area contributed by atoms with Crippen molar-refractivity contribution in [3.63, 3.8) is 0 Å². The summed E-state index contributed by atoms with van der Waals surface area (Å²) in [5.41, 5.74) is 1.84. The molecule has 152 valence electrons. The van der Waals surface area contributed by atoms with Crippen LogP contribution in [0.2, 0.25) is 0 Å². The van der Waals surface area contributed by atoms with Crippen molar-refractivity contribution in [3.8, 4) is 0 Å². The van der Waals surface area contributed by atoms with Crippen LogP contribution in [0.15, 0.2) is 23.9 Å². The van der Waals surface area contributed by atoms with Gasteiger partial charge in [0.2, 0.25) is 0 Å². The van der Waals surface area contributed by atoms with Gasteiger partial charge in [-0.2, -0.15) is 0 Å². The summed E-state index contributed by atoms with van der Waals surface area (Å²) in [5, 5.41) is 0. The molecule has 0 bridgehead atoms. The molecule has 1 rings (SSSR count). The van der Waals surface area contributed by atoms with Gasteiger partial charge >= 0.3 is 5.97 Å². The zero-order valence-electron chi connectivity index (χ0n) is 17.4. The van der Waals surface area contributed by atoms with E-state index in [2.05, 4.69) is 11.9 Å². The Labute approximate surface area is 167 Å². The Balaban J connectivity index is 3.03. The van der Waals surface area contributed by atoms with E-state index < -0.39 is 5.97 Å². The van der Waals surface area contributed by atoms with Gasteiger partial charge in [-0.25, -0.2) is 4.79 Å². The van der Waals surface area contributed by atoms with Gasteiger partial charge in [-0.15, -0.1) is 0 Å². The molecule has 1 aromatic heterocycles. The number of esters is 1. The van der Waals surface area contributed by atoms with Crippen molar-refractivity contribution < 1.29 is 19.1 Å². The maximum atomic E-state index is 12.3. The summed E-state index contributed by atoms with van der Waals surface area (Å²) in [4.78, 5) is 40.7. The van der Waals surface area contributed by atoms with Crippen LogP contribution in [0.1, 0.15) is 87.3 Å². The first-order valence-electron chi connectivity index (χ1n) is 9.87. The highest BCUT2D eigenvalue weighted by Crippen LogP contribution is 2.19. The molecule has 0 aliphatic heterocycles. The molecule has 1 aromatic rings. The molecule has 0 radical (unpaired) electrons. The van der Waals surface area contributed by atoms with E-state index in [-0.39, 0.29) is 23.6 Å². The monoisotopic (exact) mass is 385 g/mol. The number of carbonyl (C=O) groups is 3. The van der Waals surface area contributed by atoms with E-state index in [4.69, 9.17) is 4.74 Å². The van der Waals surface area contributed by atoms with Gasteiger partial charge in [0.1, 0.15) is 5.78 Å². The lowest BCUT2D eigenvalue weighted by molar-refractivity contribution is -0.120. The smallest absolute Gasteiger partial charge is 0.340 e. The van der Waals surface area contributed by atoms with Crippen molar-refractivity contribution in [2.75, 3.05) is 7.11 Å². The minimum absolute atomic E-state index is 0.0419. The van der Waals surface area contributed by atoms with Gasteiger partial charge in [0, 0.05) is 24.6 Å². The van der Waals surface area contributed by atoms with Crippen LogP contribution in [0, 0.1) is 0 Å². The second-order valence-electron chi connectivity index (χ2n) is 6.79. The summed E-state index contributed by atoms with van der Waals surface area (Å²) < 4.78 is 4.81. The molecular formula is C23H31NO4.